The minimum Gasteiger partial charge on any atom is -0.325 e. The minimum atomic E-state index is -0.921. The topological polar surface area (TPSA) is 75.7 Å². The highest BCUT2D eigenvalue weighted by molar-refractivity contribution is 6.34. The van der Waals surface area contributed by atoms with Gasteiger partial charge in [-0.3, -0.25) is 9.36 Å². The number of rotatable bonds is 9. The Hall–Kier alpha value is -3.49. The van der Waals surface area contributed by atoms with Gasteiger partial charge in [0.25, 0.3) is 5.91 Å². The molecule has 4 rings (SSSR count). The number of benzene rings is 2. The van der Waals surface area contributed by atoms with Crippen LogP contribution >= 0.6 is 11.6 Å². The monoisotopic (exact) mass is 534 g/mol. The summed E-state index contributed by atoms with van der Waals surface area (Å²) in [6.07, 6.45) is 0.528. The highest BCUT2D eigenvalue weighted by atomic mass is 35.5. The summed E-state index contributed by atoms with van der Waals surface area (Å²) in [6.45, 7) is 9.11. The zero-order valence-corrected chi connectivity index (χ0v) is 23.7. The highest BCUT2D eigenvalue weighted by Gasteiger charge is 2.40. The van der Waals surface area contributed by atoms with Crippen LogP contribution in [0.5, 0.6) is 0 Å². The zero-order valence-electron chi connectivity index (χ0n) is 22.9. The van der Waals surface area contributed by atoms with Crippen molar-refractivity contribution in [2.24, 2.45) is 0 Å². The van der Waals surface area contributed by atoms with E-state index in [1.165, 1.54) is 4.52 Å². The maximum atomic E-state index is 14.1. The molecule has 2 heterocycles. The fourth-order valence-electron chi connectivity index (χ4n) is 4.61. The fourth-order valence-corrected chi connectivity index (χ4v) is 4.77. The predicted octanol–water partition coefficient (Wildman–Crippen LogP) is 4.54. The zero-order chi connectivity index (χ0) is 27.6. The summed E-state index contributed by atoms with van der Waals surface area (Å²) in [5.41, 5.74) is 2.16. The number of hydrogen-bond donors (Lipinski definition) is 0. The van der Waals surface area contributed by atoms with Gasteiger partial charge in [0.1, 0.15) is 10.8 Å². The third-order valence-electron chi connectivity index (χ3n) is 7.11. The molecular formula is C29H35ClN6O2. The van der Waals surface area contributed by atoms with Crippen LogP contribution in [0.3, 0.4) is 0 Å². The van der Waals surface area contributed by atoms with Crippen LogP contribution in [0.25, 0.3) is 5.65 Å². The average Bonchev–Trinajstić information content (AvgIpc) is 3.19. The lowest BCUT2D eigenvalue weighted by atomic mass is 9.93. The van der Waals surface area contributed by atoms with Gasteiger partial charge in [-0.05, 0) is 59.0 Å². The number of hydrogen-bond acceptors (Lipinski definition) is 5. The Morgan fingerprint density at radius 1 is 1.03 bits per heavy atom. The van der Waals surface area contributed by atoms with Gasteiger partial charge in [0, 0.05) is 18.7 Å². The van der Waals surface area contributed by atoms with E-state index in [1.54, 1.807) is 11.5 Å². The number of nitrogens with zero attached hydrogens (tertiary/aromatic N) is 6. The molecule has 200 valence electrons. The molecule has 4 aromatic rings. The summed E-state index contributed by atoms with van der Waals surface area (Å²) in [5, 5.41) is 4.69. The standard InChI is InChI=1S/C29H35ClN6O2/c1-7-29(4,35(18-17-33(5)6)26(37)23-15-13-20(2)14-16-23)27-31-25-24(30)21(3)32-36(25)28(38)34(27)19-22-11-9-8-10-12-22/h8-16H,7,17-19H2,1-6H3. The van der Waals surface area contributed by atoms with Gasteiger partial charge >= 0.3 is 5.69 Å². The first-order chi connectivity index (χ1) is 18.1. The molecule has 8 nitrogen and oxygen atoms in total. The molecule has 2 aromatic carbocycles. The van der Waals surface area contributed by atoms with Crippen LogP contribution < -0.4 is 5.69 Å². The Morgan fingerprint density at radius 3 is 2.29 bits per heavy atom. The Bertz CT molecular complexity index is 1490. The first-order valence-corrected chi connectivity index (χ1v) is 13.2. The van der Waals surface area contributed by atoms with E-state index in [9.17, 15) is 9.59 Å². The number of amides is 1. The van der Waals surface area contributed by atoms with Crippen molar-refractivity contribution in [3.63, 3.8) is 0 Å². The number of likely N-dealkylation sites (N-methyl/N-ethyl adjacent to an activating group) is 1. The highest BCUT2D eigenvalue weighted by Crippen LogP contribution is 2.33. The van der Waals surface area contributed by atoms with E-state index in [4.69, 9.17) is 16.6 Å². The maximum absolute atomic E-state index is 14.1. The second kappa shape index (κ2) is 11.1. The summed E-state index contributed by atoms with van der Waals surface area (Å²) in [4.78, 5) is 36.8. The molecule has 0 aliphatic carbocycles. The van der Waals surface area contributed by atoms with Gasteiger partial charge in [-0.15, -0.1) is 0 Å². The molecule has 9 heteroatoms. The smallest absolute Gasteiger partial charge is 0.325 e. The molecule has 0 spiro atoms. The van der Waals surface area contributed by atoms with Gasteiger partial charge in [0.2, 0.25) is 0 Å². The quantitative estimate of drug-likeness (QED) is 0.315. The molecule has 1 unspecified atom stereocenters. The largest absolute Gasteiger partial charge is 0.352 e. The normalized spacial score (nSPS) is 13.2. The van der Waals surface area contributed by atoms with Crippen LogP contribution in [-0.4, -0.2) is 62.1 Å². The van der Waals surface area contributed by atoms with Gasteiger partial charge in [-0.1, -0.05) is 66.6 Å². The lowest BCUT2D eigenvalue weighted by Crippen LogP contribution is -2.53. The Balaban J connectivity index is 1.96. The lowest BCUT2D eigenvalue weighted by Gasteiger charge is -2.42. The number of aromatic nitrogens is 4. The molecule has 0 saturated heterocycles. The van der Waals surface area contributed by atoms with Crippen molar-refractivity contribution >= 4 is 23.2 Å². The van der Waals surface area contributed by atoms with E-state index in [-0.39, 0.29) is 18.1 Å². The van der Waals surface area contributed by atoms with E-state index in [2.05, 4.69) is 5.10 Å². The number of fused-ring (bicyclic) bond motifs is 1. The van der Waals surface area contributed by atoms with Gasteiger partial charge in [-0.2, -0.15) is 9.61 Å². The number of halogens is 1. The van der Waals surface area contributed by atoms with Crippen LogP contribution in [0.4, 0.5) is 0 Å². The summed E-state index contributed by atoms with van der Waals surface area (Å²) in [6, 6.07) is 17.3. The molecule has 1 atom stereocenters. The van der Waals surface area contributed by atoms with E-state index < -0.39 is 5.54 Å². The maximum Gasteiger partial charge on any atom is 0.352 e. The fraction of sp³-hybridized carbons (Fsp3) is 0.379. The third-order valence-corrected chi connectivity index (χ3v) is 7.55. The summed E-state index contributed by atoms with van der Waals surface area (Å²) in [7, 11) is 3.95. The Morgan fingerprint density at radius 2 is 1.68 bits per heavy atom. The van der Waals surface area contributed by atoms with Crippen molar-refractivity contribution in [3.8, 4) is 0 Å². The number of carbonyl (C=O) groups is 1. The van der Waals surface area contributed by atoms with Gasteiger partial charge in [-0.25, -0.2) is 9.78 Å². The van der Waals surface area contributed by atoms with Crippen molar-refractivity contribution in [1.29, 1.82) is 0 Å². The van der Waals surface area contributed by atoms with Gasteiger partial charge in [0.15, 0.2) is 5.65 Å². The molecule has 0 aliphatic rings. The second-order valence-corrected chi connectivity index (χ2v) is 10.6. The third kappa shape index (κ3) is 5.24. The SMILES string of the molecule is CCC(C)(c1nc2c(Cl)c(C)nn2c(=O)n1Cc1ccccc1)N(CCN(C)C)C(=O)c1ccc(C)cc1. The number of carbonyl (C=O) groups excluding carboxylic acids is 1. The van der Waals surface area contributed by atoms with E-state index >= 15 is 0 Å². The van der Waals surface area contributed by atoms with E-state index in [0.717, 1.165) is 11.1 Å². The van der Waals surface area contributed by atoms with Crippen molar-refractivity contribution in [2.75, 3.05) is 27.2 Å². The van der Waals surface area contributed by atoms with Crippen LogP contribution in [-0.2, 0) is 12.1 Å². The van der Waals surface area contributed by atoms with E-state index in [0.29, 0.717) is 47.3 Å². The molecule has 0 saturated carbocycles. The first-order valence-electron chi connectivity index (χ1n) is 12.8. The molecule has 0 fully saturated rings. The van der Waals surface area contributed by atoms with Crippen LogP contribution in [0, 0.1) is 13.8 Å². The van der Waals surface area contributed by atoms with Crippen molar-refractivity contribution in [3.05, 3.63) is 98.3 Å². The van der Waals surface area contributed by atoms with Crippen molar-refractivity contribution < 1.29 is 4.79 Å². The lowest BCUT2D eigenvalue weighted by molar-refractivity contribution is 0.0427. The van der Waals surface area contributed by atoms with Crippen molar-refractivity contribution in [2.45, 2.75) is 46.2 Å². The Labute approximate surface area is 228 Å². The second-order valence-electron chi connectivity index (χ2n) is 10.2. The van der Waals surface area contributed by atoms with Crippen LogP contribution in [0.2, 0.25) is 5.02 Å². The summed E-state index contributed by atoms with van der Waals surface area (Å²) in [5.74, 6) is 0.356. The molecule has 0 N–H and O–H groups in total. The molecule has 0 radical (unpaired) electrons. The predicted molar refractivity (Wildman–Crippen MR) is 151 cm³/mol. The van der Waals surface area contributed by atoms with Crippen LogP contribution in [0.15, 0.2) is 59.4 Å². The molecular weight excluding hydrogens is 500 g/mol. The Kier molecular flexibility index (Phi) is 8.04. The summed E-state index contributed by atoms with van der Waals surface area (Å²) < 4.78 is 2.88. The van der Waals surface area contributed by atoms with E-state index in [1.807, 2.05) is 99.3 Å². The number of aryl methyl sites for hydroxylation is 2. The summed E-state index contributed by atoms with van der Waals surface area (Å²) >= 11 is 6.57. The molecule has 1 amide bonds. The van der Waals surface area contributed by atoms with Gasteiger partial charge < -0.3 is 9.80 Å². The average molecular weight is 535 g/mol. The van der Waals surface area contributed by atoms with Crippen LogP contribution in [0.1, 0.15) is 53.3 Å². The molecule has 0 bridgehead atoms. The molecule has 2 aromatic heterocycles. The first kappa shape index (κ1) is 27.5. The molecule has 0 aliphatic heterocycles. The van der Waals surface area contributed by atoms with Crippen molar-refractivity contribution in [1.82, 2.24) is 29.0 Å². The van der Waals surface area contributed by atoms with Gasteiger partial charge in [0.05, 0.1) is 17.8 Å². The minimum absolute atomic E-state index is 0.118. The molecule has 38 heavy (non-hydrogen) atoms.